The summed E-state index contributed by atoms with van der Waals surface area (Å²) in [6, 6.07) is 5.87. The number of nitrogens with one attached hydrogen (secondary N) is 1. The van der Waals surface area contributed by atoms with Crippen molar-refractivity contribution in [3.05, 3.63) is 35.1 Å². The predicted octanol–water partition coefficient (Wildman–Crippen LogP) is 1.80. The third kappa shape index (κ3) is 8.57. The molecule has 0 radical (unpaired) electrons. The number of rotatable bonds is 10. The summed E-state index contributed by atoms with van der Waals surface area (Å²) in [7, 11) is 1.72. The Morgan fingerprint density at radius 3 is 2.23 bits per heavy atom. The van der Waals surface area contributed by atoms with Crippen LogP contribution in [0.25, 0.3) is 0 Å². The van der Waals surface area contributed by atoms with Crippen molar-refractivity contribution in [3.63, 3.8) is 0 Å². The normalized spacial score (nSPS) is 22.5. The molecule has 1 N–H and O–H groups in total. The second kappa shape index (κ2) is 13.6. The van der Waals surface area contributed by atoms with Crippen LogP contribution >= 0.6 is 23.4 Å². The monoisotopic (exact) mass is 584 g/mol. The Balaban J connectivity index is 1.88. The molecule has 1 aliphatic rings. The molecule has 1 fully saturated rings. The number of carbonyl (C=O) groups excluding carboxylic acids is 4. The van der Waals surface area contributed by atoms with Crippen molar-refractivity contribution < 1.29 is 42.9 Å². The van der Waals surface area contributed by atoms with Crippen molar-refractivity contribution in [1.29, 1.82) is 0 Å². The molecule has 15 heteroatoms. The van der Waals surface area contributed by atoms with Gasteiger partial charge in [-0.25, -0.2) is 0 Å². The summed E-state index contributed by atoms with van der Waals surface area (Å²) in [6.45, 7) is 4.67. The minimum Gasteiger partial charge on any atom is -0.486 e. The van der Waals surface area contributed by atoms with Gasteiger partial charge < -0.3 is 33.6 Å². The first-order chi connectivity index (χ1) is 18.4. The van der Waals surface area contributed by atoms with E-state index in [4.69, 9.17) is 35.3 Å². The minimum atomic E-state index is -1.18. The fraction of sp³-hybridized carbons (Fsp3) is 0.500. The summed E-state index contributed by atoms with van der Waals surface area (Å²) >= 11 is 6.99. The van der Waals surface area contributed by atoms with Crippen LogP contribution in [0.1, 0.15) is 33.5 Å². The van der Waals surface area contributed by atoms with Crippen molar-refractivity contribution >= 4 is 47.2 Å². The SMILES string of the molecule is CC(=O)N[C@@H]1[C@@H](OC(C)=O)[C@H](OC(C)=O)[C@@H](COC(C)=O)O[C@H]1Sc1nnc(COc2ccc(Cl)cc2)n1C. The van der Waals surface area contributed by atoms with Crippen LogP contribution < -0.4 is 10.1 Å². The van der Waals surface area contributed by atoms with Gasteiger partial charge in [-0.2, -0.15) is 0 Å². The molecule has 2 heterocycles. The number of benzene rings is 1. The van der Waals surface area contributed by atoms with E-state index in [1.54, 1.807) is 35.9 Å². The topological polar surface area (TPSA) is 157 Å². The number of hydrogen-bond acceptors (Lipinski definition) is 12. The van der Waals surface area contributed by atoms with Gasteiger partial charge in [0.05, 0.1) is 0 Å². The number of carbonyl (C=O) groups is 4. The molecule has 0 spiro atoms. The first-order valence-corrected chi connectivity index (χ1v) is 13.0. The Kier molecular flexibility index (Phi) is 10.5. The molecule has 1 aromatic heterocycles. The average molecular weight is 585 g/mol. The van der Waals surface area contributed by atoms with Crippen LogP contribution in [0.3, 0.4) is 0 Å². The number of thioether (sulfide) groups is 1. The maximum absolute atomic E-state index is 12.1. The van der Waals surface area contributed by atoms with Gasteiger partial charge in [0.1, 0.15) is 36.5 Å². The number of halogens is 1. The van der Waals surface area contributed by atoms with Gasteiger partial charge in [0.2, 0.25) is 5.91 Å². The van der Waals surface area contributed by atoms with E-state index in [-0.39, 0.29) is 13.2 Å². The second-order valence-corrected chi connectivity index (χ2v) is 10.0. The van der Waals surface area contributed by atoms with E-state index in [0.717, 1.165) is 11.8 Å². The quantitative estimate of drug-likeness (QED) is 0.319. The number of aromatic nitrogens is 3. The lowest BCUT2D eigenvalue weighted by Crippen LogP contribution is -2.65. The largest absolute Gasteiger partial charge is 0.486 e. The fourth-order valence-electron chi connectivity index (χ4n) is 3.75. The van der Waals surface area contributed by atoms with Gasteiger partial charge in [-0.05, 0) is 24.3 Å². The van der Waals surface area contributed by atoms with Crippen LogP contribution in [0, 0.1) is 0 Å². The third-order valence-corrected chi connectivity index (χ3v) is 6.85. The molecule has 1 saturated heterocycles. The zero-order chi connectivity index (χ0) is 28.7. The van der Waals surface area contributed by atoms with Crippen molar-refractivity contribution in [2.45, 2.75) is 69.2 Å². The summed E-state index contributed by atoms with van der Waals surface area (Å²) in [6.07, 6.45) is -3.36. The Hall–Kier alpha value is -3.36. The van der Waals surface area contributed by atoms with E-state index in [1.807, 2.05) is 0 Å². The van der Waals surface area contributed by atoms with Crippen molar-refractivity contribution in [3.8, 4) is 5.75 Å². The Morgan fingerprint density at radius 1 is 1.00 bits per heavy atom. The molecule has 0 aliphatic carbocycles. The molecule has 1 aromatic carbocycles. The summed E-state index contributed by atoms with van der Waals surface area (Å²) < 4.78 is 29.6. The highest BCUT2D eigenvalue weighted by atomic mass is 35.5. The van der Waals surface area contributed by atoms with Gasteiger partial charge in [0.15, 0.2) is 23.2 Å². The number of hydrogen-bond donors (Lipinski definition) is 1. The second-order valence-electron chi connectivity index (χ2n) is 8.54. The molecule has 1 amide bonds. The molecule has 0 unspecified atom stereocenters. The van der Waals surface area contributed by atoms with Gasteiger partial charge in [-0.15, -0.1) is 10.2 Å². The highest BCUT2D eigenvalue weighted by Crippen LogP contribution is 2.35. The molecule has 2 aromatic rings. The first kappa shape index (κ1) is 30.2. The van der Waals surface area contributed by atoms with Crippen LogP contribution in [0.15, 0.2) is 29.4 Å². The molecule has 212 valence electrons. The standard InChI is InChI=1S/C24H29ClN4O9S/c1-12(30)26-20-22(37-15(4)33)21(36-14(3)32)18(10-34-13(2)31)38-23(20)39-24-28-27-19(29(24)5)11-35-17-8-6-16(25)7-9-17/h6-9,18,20-23H,10-11H2,1-5H3,(H,26,30)/t18-,20-,21-,22-,23+/m1/s1. The molecule has 0 saturated carbocycles. The zero-order valence-electron chi connectivity index (χ0n) is 21.9. The Labute approximate surface area is 233 Å². The van der Waals surface area contributed by atoms with E-state index in [0.29, 0.717) is 21.8 Å². The number of nitrogens with zero attached hydrogens (tertiary/aromatic N) is 3. The smallest absolute Gasteiger partial charge is 0.303 e. The Morgan fingerprint density at radius 2 is 1.64 bits per heavy atom. The molecular weight excluding hydrogens is 556 g/mol. The van der Waals surface area contributed by atoms with E-state index in [1.165, 1.54) is 27.7 Å². The van der Waals surface area contributed by atoms with Crippen molar-refractivity contribution in [1.82, 2.24) is 20.1 Å². The Bertz CT molecular complexity index is 1190. The van der Waals surface area contributed by atoms with Gasteiger partial charge >= 0.3 is 17.9 Å². The lowest BCUT2D eigenvalue weighted by atomic mass is 9.97. The van der Waals surface area contributed by atoms with Gasteiger partial charge in [0, 0.05) is 39.8 Å². The minimum absolute atomic E-state index is 0.103. The summed E-state index contributed by atoms with van der Waals surface area (Å²) in [4.78, 5) is 47.6. The van der Waals surface area contributed by atoms with Gasteiger partial charge in [0.25, 0.3) is 0 Å². The fourth-order valence-corrected chi connectivity index (χ4v) is 5.00. The third-order valence-electron chi connectivity index (χ3n) is 5.40. The molecular formula is C24H29ClN4O9S. The van der Waals surface area contributed by atoms with Gasteiger partial charge in [-0.1, -0.05) is 23.4 Å². The van der Waals surface area contributed by atoms with E-state index in [9.17, 15) is 19.2 Å². The highest BCUT2D eigenvalue weighted by Gasteiger charge is 2.51. The van der Waals surface area contributed by atoms with Crippen LogP contribution in [0.4, 0.5) is 0 Å². The zero-order valence-corrected chi connectivity index (χ0v) is 23.5. The predicted molar refractivity (Wildman–Crippen MR) is 137 cm³/mol. The number of amides is 1. The first-order valence-electron chi connectivity index (χ1n) is 11.8. The molecule has 3 rings (SSSR count). The van der Waals surface area contributed by atoms with E-state index in [2.05, 4.69) is 15.5 Å². The van der Waals surface area contributed by atoms with Gasteiger partial charge in [-0.3, -0.25) is 19.2 Å². The molecule has 13 nitrogen and oxygen atoms in total. The summed E-state index contributed by atoms with van der Waals surface area (Å²) in [5.41, 5.74) is -0.918. The van der Waals surface area contributed by atoms with E-state index >= 15 is 0 Å². The van der Waals surface area contributed by atoms with Crippen LogP contribution in [-0.4, -0.2) is 75.0 Å². The maximum atomic E-state index is 12.1. The molecule has 39 heavy (non-hydrogen) atoms. The molecule has 5 atom stereocenters. The average Bonchev–Trinajstić information content (AvgIpc) is 3.19. The molecule has 0 bridgehead atoms. The lowest BCUT2D eigenvalue weighted by Gasteiger charge is -2.44. The van der Waals surface area contributed by atoms with E-state index < -0.39 is 53.6 Å². The van der Waals surface area contributed by atoms with Crippen molar-refractivity contribution in [2.24, 2.45) is 7.05 Å². The lowest BCUT2D eigenvalue weighted by molar-refractivity contribution is -0.211. The maximum Gasteiger partial charge on any atom is 0.303 e. The van der Waals surface area contributed by atoms with Crippen LogP contribution in [0.2, 0.25) is 5.02 Å². The van der Waals surface area contributed by atoms with Crippen LogP contribution in [-0.2, 0) is 51.8 Å². The summed E-state index contributed by atoms with van der Waals surface area (Å²) in [5.74, 6) is -1.31. The highest BCUT2D eigenvalue weighted by molar-refractivity contribution is 7.99. The summed E-state index contributed by atoms with van der Waals surface area (Å²) in [5, 5.41) is 12.1. The molecule has 1 aliphatic heterocycles. The number of esters is 3. The van der Waals surface area contributed by atoms with Crippen LogP contribution in [0.5, 0.6) is 5.75 Å². The number of ether oxygens (including phenoxy) is 5. The van der Waals surface area contributed by atoms with Crippen molar-refractivity contribution in [2.75, 3.05) is 6.61 Å².